The molecule has 3 atom stereocenters. The predicted octanol–water partition coefficient (Wildman–Crippen LogP) is 17.0. The third-order valence-corrected chi connectivity index (χ3v) is 25.3. The highest BCUT2D eigenvalue weighted by molar-refractivity contribution is 6.31. The number of piperidine rings is 4. The maximum atomic E-state index is 14.4. The Hall–Kier alpha value is -11.9. The van der Waals surface area contributed by atoms with Crippen molar-refractivity contribution in [3.05, 3.63) is 332 Å². The summed E-state index contributed by atoms with van der Waals surface area (Å²) < 4.78 is 46.8. The lowest BCUT2D eigenvalue weighted by atomic mass is 9.89. The Balaban J connectivity index is 0.000000126. The van der Waals surface area contributed by atoms with Crippen LogP contribution in [0.3, 0.4) is 0 Å². The summed E-state index contributed by atoms with van der Waals surface area (Å²) in [7, 11) is 0. The van der Waals surface area contributed by atoms with Gasteiger partial charge in [-0.05, 0) is 222 Å². The van der Waals surface area contributed by atoms with Gasteiger partial charge in [-0.2, -0.15) is 0 Å². The number of carbonyl (C=O) groups is 6. The number of carbonyl (C=O) groups excluding carboxylic acids is 6. The van der Waals surface area contributed by atoms with Gasteiger partial charge in [-0.15, -0.1) is 0 Å². The number of hydrogen-bond acceptors (Lipinski definition) is 11. The SMILES string of the molecule is [2H][C@@]1(N2C(=O)c3cccc4c(Cc5ccc(CC6CCN(Cc7ccccc7)CC6)cc5)ccc2c34)CCC(=C)NC1=O.[2H][C@@]1(N2C(=O)c3cccc4c(Cc5ccc(CN6CCN(c7ccc(Cl)cc7F)CC6)cc5)ccc2c34)CCC(=C)NC1=O.[2H][C@@]1(N2C(=O)c3cccc4c(Cc5ccc(CN6CCOCC6)cc5)ccc2c34)CCC(=C)NC1=O. The first-order valence-electron chi connectivity index (χ1n) is 43.4. The molecule has 120 heavy (non-hydrogen) atoms. The molecule has 0 radical (unpaired) electrons. The van der Waals surface area contributed by atoms with Crippen molar-refractivity contribution in [2.24, 2.45) is 5.92 Å². The fourth-order valence-corrected chi connectivity index (χ4v) is 18.9. The van der Waals surface area contributed by atoms with Gasteiger partial charge in [-0.3, -0.25) is 58.2 Å². The molecule has 0 saturated carbocycles. The molecule has 11 aromatic rings. The minimum atomic E-state index is -1.72. The topological polar surface area (TPSA) is 170 Å². The number of ether oxygens (including phenoxy) is 1. The van der Waals surface area contributed by atoms with E-state index in [0.29, 0.717) is 87.2 Å². The van der Waals surface area contributed by atoms with E-state index in [0.717, 1.165) is 165 Å². The van der Waals surface area contributed by atoms with Crippen molar-refractivity contribution in [1.29, 1.82) is 0 Å². The smallest absolute Gasteiger partial charge is 0.259 e. The van der Waals surface area contributed by atoms with Crippen molar-refractivity contribution in [3.63, 3.8) is 0 Å². The van der Waals surface area contributed by atoms with Crippen LogP contribution in [0.5, 0.6) is 0 Å². The Bertz CT molecular complexity index is 6080. The van der Waals surface area contributed by atoms with Crippen LogP contribution in [-0.4, -0.2) is 134 Å². The van der Waals surface area contributed by atoms with Gasteiger partial charge in [0.2, 0.25) is 17.7 Å². The Labute approximate surface area is 708 Å². The average molecular weight is 1620 g/mol. The van der Waals surface area contributed by atoms with Crippen LogP contribution in [0.4, 0.5) is 27.1 Å². The average Bonchev–Trinajstić information content (AvgIpc) is 1.58. The number of benzene rings is 11. The molecule has 6 amide bonds. The number of amides is 6. The van der Waals surface area contributed by atoms with Crippen molar-refractivity contribution >= 4 is 102 Å². The number of anilines is 4. The first-order chi connectivity index (χ1) is 59.5. The first-order valence-corrected chi connectivity index (χ1v) is 42.3. The number of rotatable bonds is 18. The minimum Gasteiger partial charge on any atom is -0.379 e. The zero-order valence-corrected chi connectivity index (χ0v) is 68.1. The monoisotopic (exact) mass is 1620 g/mol. The summed E-state index contributed by atoms with van der Waals surface area (Å²) in [6, 6.07) is 65.7. The lowest BCUT2D eigenvalue weighted by Gasteiger charge is -2.36. The van der Waals surface area contributed by atoms with Gasteiger partial charge in [0.05, 0.1) is 40.1 Å². The Morgan fingerprint density at radius 1 is 0.383 bits per heavy atom. The first kappa shape index (κ1) is 75.6. The molecule has 0 aromatic heterocycles. The molecular formula is C101H98ClFN10O7. The number of allylic oxidation sites excluding steroid dienone is 3. The molecule has 17 nitrogen and oxygen atoms in total. The Kier molecular flexibility index (Phi) is 21.7. The summed E-state index contributed by atoms with van der Waals surface area (Å²) in [5.74, 6) is -1.99. The molecule has 20 rings (SSSR count). The Morgan fingerprint density at radius 3 is 1.13 bits per heavy atom. The molecule has 6 saturated heterocycles. The Morgan fingerprint density at radius 2 is 0.742 bits per heavy atom. The van der Waals surface area contributed by atoms with E-state index in [4.69, 9.17) is 20.5 Å². The highest BCUT2D eigenvalue weighted by Crippen LogP contribution is 2.46. The highest BCUT2D eigenvalue weighted by atomic mass is 35.5. The minimum absolute atomic E-state index is 0.198. The lowest BCUT2D eigenvalue weighted by molar-refractivity contribution is -0.123. The van der Waals surface area contributed by atoms with Gasteiger partial charge in [0.15, 0.2) is 0 Å². The molecule has 11 aromatic carbocycles. The second kappa shape index (κ2) is 34.4. The van der Waals surface area contributed by atoms with Crippen LogP contribution in [0.1, 0.15) is 142 Å². The van der Waals surface area contributed by atoms with Crippen molar-refractivity contribution in [1.82, 2.24) is 30.7 Å². The molecule has 0 unspecified atom stereocenters. The summed E-state index contributed by atoms with van der Waals surface area (Å²) in [5.41, 5.74) is 18.1. The molecule has 0 spiro atoms. The quantitative estimate of drug-likeness (QED) is 0.0747. The maximum Gasteiger partial charge on any atom is 0.259 e. The van der Waals surface area contributed by atoms with E-state index < -0.39 is 35.8 Å². The number of hydrogen-bond donors (Lipinski definition) is 3. The van der Waals surface area contributed by atoms with Gasteiger partial charge in [-0.25, -0.2) is 4.39 Å². The van der Waals surface area contributed by atoms with E-state index >= 15 is 0 Å². The van der Waals surface area contributed by atoms with Crippen LogP contribution in [0.15, 0.2) is 249 Å². The maximum absolute atomic E-state index is 14.4. The van der Waals surface area contributed by atoms with Crippen LogP contribution < -0.4 is 35.6 Å². The number of nitrogens with zero attached hydrogens (tertiary/aromatic N) is 7. The molecule has 3 N–H and O–H groups in total. The van der Waals surface area contributed by atoms with E-state index in [9.17, 15) is 33.2 Å². The molecule has 0 aliphatic carbocycles. The van der Waals surface area contributed by atoms with Gasteiger partial charge in [-0.1, -0.05) is 189 Å². The molecule has 9 aliphatic heterocycles. The number of halogens is 2. The van der Waals surface area contributed by atoms with Crippen molar-refractivity contribution in [2.75, 3.05) is 85.2 Å². The summed E-state index contributed by atoms with van der Waals surface area (Å²) >= 11 is 5.91. The fraction of sp³-hybridized carbons (Fsp3) is 0.287. The van der Waals surface area contributed by atoms with Crippen molar-refractivity contribution in [3.8, 4) is 0 Å². The zero-order chi connectivity index (χ0) is 85.0. The van der Waals surface area contributed by atoms with Crippen LogP contribution in [0, 0.1) is 11.7 Å². The predicted molar refractivity (Wildman–Crippen MR) is 474 cm³/mol. The molecule has 19 heteroatoms. The van der Waals surface area contributed by atoms with E-state index in [-0.39, 0.29) is 42.8 Å². The summed E-state index contributed by atoms with van der Waals surface area (Å²) in [5, 5.41) is 13.9. The number of morpholine rings is 1. The van der Waals surface area contributed by atoms with Gasteiger partial charge < -0.3 is 25.6 Å². The molecule has 6 fully saturated rings. The van der Waals surface area contributed by atoms with Crippen LogP contribution in [-0.2, 0) is 64.4 Å². The number of piperazine rings is 1. The molecule has 9 heterocycles. The van der Waals surface area contributed by atoms with Crippen LogP contribution in [0.25, 0.3) is 32.3 Å². The molecule has 608 valence electrons. The van der Waals surface area contributed by atoms with Crippen LogP contribution >= 0.6 is 11.6 Å². The van der Waals surface area contributed by atoms with E-state index in [2.05, 4.69) is 158 Å². The number of nitrogens with one attached hydrogen (secondary N) is 3. The summed E-state index contributed by atoms with van der Waals surface area (Å²) in [4.78, 5) is 92.8. The summed E-state index contributed by atoms with van der Waals surface area (Å²) in [6.45, 7) is 23.3. The molecular weight excluding hydrogens is 1520 g/mol. The third-order valence-electron chi connectivity index (χ3n) is 25.1. The van der Waals surface area contributed by atoms with Gasteiger partial charge in [0.1, 0.15) is 23.9 Å². The van der Waals surface area contributed by atoms with Gasteiger partial charge >= 0.3 is 0 Å². The third kappa shape index (κ3) is 16.4. The largest absolute Gasteiger partial charge is 0.379 e. The second-order valence-corrected chi connectivity index (χ2v) is 33.4. The van der Waals surface area contributed by atoms with Crippen molar-refractivity contribution in [2.45, 2.75) is 115 Å². The van der Waals surface area contributed by atoms with Gasteiger partial charge in [0, 0.05) is 114 Å². The fourth-order valence-electron chi connectivity index (χ4n) is 18.7. The zero-order valence-electron chi connectivity index (χ0n) is 70.3. The molecule has 0 bridgehead atoms. The summed E-state index contributed by atoms with van der Waals surface area (Å²) in [6.07, 6.45) is 7.80. The van der Waals surface area contributed by atoms with E-state index in [1.165, 1.54) is 67.0 Å². The second-order valence-electron chi connectivity index (χ2n) is 33.0. The lowest BCUT2D eigenvalue weighted by Crippen LogP contribution is -2.51. The van der Waals surface area contributed by atoms with Crippen LogP contribution in [0.2, 0.25) is 5.02 Å². The van der Waals surface area contributed by atoms with E-state index in [1.807, 2.05) is 78.9 Å². The standard InChI is InChI=1S/C37H37N3O2.C35H32ClFN4O2.C29H29N3O3/c1-25-10-16-34(36(41)38-25)40-33-17-15-30(31-8-5-9-32(35(31)33)37(40)42)23-27-13-11-26(12-14-27)22-28-18-20-39(21-19-28)24-29-6-3-2-4-7-29;1-22-5-12-32(34(42)38-22)41-31-13-10-25(27-3-2-4-28(33(27)31)35(41)43)19-23-6-8-24(9-7-23)21-39-15-17-40(18-16-39)30-14-11-26(36)20-29(30)37;1-19-5-11-26(28(33)30-19)32-25-12-10-22(23-3-2-4-24(27(23)25)29(32)34)17-20-6-8-21(9-7-20)18-31-13-15-35-16-14-31/h2-9,11-15,17,28,34H,1,10,16,18-24H2,(H,38,41);2-4,6-11,13-14,20,32H,1,5,12,15-19,21H2,(H,38,42);2-4,6-10,12,26H,1,5,11,13-18H2,(H,30,33)/t34-;32-;26-/m111/s1/i34D;32D;26D. The normalized spacial score (nSPS) is 21.8. The highest BCUT2D eigenvalue weighted by Gasteiger charge is 2.44. The number of likely N-dealkylation sites (tertiary alicyclic amines) is 1. The van der Waals surface area contributed by atoms with E-state index in [1.54, 1.807) is 24.3 Å². The van der Waals surface area contributed by atoms with Crippen molar-refractivity contribution < 1.29 is 42.0 Å². The molecule has 9 aliphatic rings. The van der Waals surface area contributed by atoms with Gasteiger partial charge in [0.25, 0.3) is 17.7 Å².